The molecule has 4 aromatic rings. The van der Waals surface area contributed by atoms with Gasteiger partial charge in [0, 0.05) is 16.8 Å². The van der Waals surface area contributed by atoms with Crippen LogP contribution in [0, 0.1) is 5.82 Å². The zero-order valence-electron chi connectivity index (χ0n) is 16.3. The van der Waals surface area contributed by atoms with E-state index in [9.17, 15) is 4.39 Å². The lowest BCUT2D eigenvalue weighted by molar-refractivity contribution is 0.383. The van der Waals surface area contributed by atoms with Gasteiger partial charge < -0.3 is 14.6 Å². The largest absolute Gasteiger partial charge is 0.452 e. The Balaban J connectivity index is 1.53. The first kappa shape index (κ1) is 19.8. The third-order valence-electron chi connectivity index (χ3n) is 5.06. The number of anilines is 1. The van der Waals surface area contributed by atoms with Crippen LogP contribution in [0.3, 0.4) is 0 Å². The van der Waals surface area contributed by atoms with Crippen molar-refractivity contribution < 1.29 is 8.81 Å². The molecule has 0 bridgehead atoms. The van der Waals surface area contributed by atoms with Crippen LogP contribution in [0.15, 0.2) is 106 Å². The SMILES string of the molecule is Fc1ccc(N2C(=S)N[C@@H](c3ccccn3)[C@H]2c2ccc(Sc3ccccc3)o2)cc1. The number of rotatable bonds is 5. The van der Waals surface area contributed by atoms with Crippen LogP contribution in [0.4, 0.5) is 10.1 Å². The van der Waals surface area contributed by atoms with E-state index in [2.05, 4.69) is 10.3 Å². The van der Waals surface area contributed by atoms with E-state index in [0.717, 1.165) is 27.1 Å². The van der Waals surface area contributed by atoms with E-state index in [1.54, 1.807) is 30.1 Å². The summed E-state index contributed by atoms with van der Waals surface area (Å²) in [6.45, 7) is 0. The first-order valence-corrected chi connectivity index (χ1v) is 11.0. The van der Waals surface area contributed by atoms with E-state index in [-0.39, 0.29) is 17.9 Å². The van der Waals surface area contributed by atoms with Crippen molar-refractivity contribution in [2.24, 2.45) is 0 Å². The van der Waals surface area contributed by atoms with Crippen LogP contribution in [-0.4, -0.2) is 10.1 Å². The Hall–Kier alpha value is -3.16. The third kappa shape index (κ3) is 4.06. The molecule has 0 radical (unpaired) electrons. The second-order valence-corrected chi connectivity index (χ2v) is 8.51. The second-order valence-electron chi connectivity index (χ2n) is 7.04. The molecule has 3 heterocycles. The zero-order chi connectivity index (χ0) is 21.2. The minimum Gasteiger partial charge on any atom is -0.452 e. The number of halogens is 1. The molecule has 0 spiro atoms. The molecule has 1 aliphatic rings. The van der Waals surface area contributed by atoms with Gasteiger partial charge in [-0.2, -0.15) is 0 Å². The normalized spacial score (nSPS) is 18.2. The van der Waals surface area contributed by atoms with E-state index in [1.807, 2.05) is 65.6 Å². The van der Waals surface area contributed by atoms with Crippen molar-refractivity contribution in [3.63, 3.8) is 0 Å². The maximum atomic E-state index is 13.5. The second kappa shape index (κ2) is 8.53. The molecule has 0 amide bonds. The Morgan fingerprint density at radius 3 is 2.45 bits per heavy atom. The van der Waals surface area contributed by atoms with Gasteiger partial charge in [0.25, 0.3) is 0 Å². The summed E-state index contributed by atoms with van der Waals surface area (Å²) in [4.78, 5) is 7.59. The predicted molar refractivity (Wildman–Crippen MR) is 124 cm³/mol. The van der Waals surface area contributed by atoms with E-state index in [0.29, 0.717) is 5.11 Å². The summed E-state index contributed by atoms with van der Waals surface area (Å²) < 4.78 is 19.8. The molecule has 2 aromatic heterocycles. The summed E-state index contributed by atoms with van der Waals surface area (Å²) >= 11 is 7.23. The highest BCUT2D eigenvalue weighted by Gasteiger charge is 2.42. The molecule has 1 N–H and O–H groups in total. The Morgan fingerprint density at radius 2 is 1.71 bits per heavy atom. The highest BCUT2D eigenvalue weighted by atomic mass is 32.2. The number of pyridine rings is 1. The molecule has 2 atom stereocenters. The molecule has 7 heteroatoms. The lowest BCUT2D eigenvalue weighted by Gasteiger charge is -2.26. The zero-order valence-corrected chi connectivity index (χ0v) is 17.9. The van der Waals surface area contributed by atoms with Gasteiger partial charge in [0.05, 0.1) is 11.7 Å². The van der Waals surface area contributed by atoms with Crippen LogP contribution in [0.25, 0.3) is 0 Å². The molecule has 1 fully saturated rings. The Labute approximate surface area is 189 Å². The monoisotopic (exact) mass is 447 g/mol. The number of thiocarbonyl (C=S) groups is 1. The number of benzene rings is 2. The molecule has 154 valence electrons. The van der Waals surface area contributed by atoms with E-state index in [1.165, 1.54) is 12.1 Å². The minimum atomic E-state index is -0.292. The standard InChI is InChI=1S/C24H18FN3OS2/c25-16-9-11-17(12-10-16)28-23(22(27-24(28)30)19-8-4-5-15-26-19)20-13-14-21(29-20)31-18-6-2-1-3-7-18/h1-15,22-23H,(H,27,30)/t22-,23+/m0/s1. The van der Waals surface area contributed by atoms with Crippen molar-refractivity contribution in [2.75, 3.05) is 4.90 Å². The predicted octanol–water partition coefficient (Wildman–Crippen LogP) is 6.14. The summed E-state index contributed by atoms with van der Waals surface area (Å²) in [6.07, 6.45) is 1.76. The third-order valence-corrected chi connectivity index (χ3v) is 6.30. The first-order valence-electron chi connectivity index (χ1n) is 9.78. The average molecular weight is 448 g/mol. The number of nitrogens with one attached hydrogen (secondary N) is 1. The fraction of sp³-hybridized carbons (Fsp3) is 0.0833. The van der Waals surface area contributed by atoms with Crippen molar-refractivity contribution in [3.8, 4) is 0 Å². The number of hydrogen-bond donors (Lipinski definition) is 1. The van der Waals surface area contributed by atoms with Crippen LogP contribution >= 0.6 is 24.0 Å². The molecule has 1 saturated heterocycles. The number of hydrogen-bond acceptors (Lipinski definition) is 4. The van der Waals surface area contributed by atoms with Gasteiger partial charge >= 0.3 is 0 Å². The summed E-state index contributed by atoms with van der Waals surface area (Å²) in [5.74, 6) is 0.463. The summed E-state index contributed by atoms with van der Waals surface area (Å²) in [6, 6.07) is 25.6. The minimum absolute atomic E-state index is 0.209. The van der Waals surface area contributed by atoms with Gasteiger partial charge in [-0.3, -0.25) is 4.98 Å². The molecule has 2 aromatic carbocycles. The van der Waals surface area contributed by atoms with Gasteiger partial charge in [-0.25, -0.2) is 4.39 Å². The maximum absolute atomic E-state index is 13.5. The molecular formula is C24H18FN3OS2. The van der Waals surface area contributed by atoms with Gasteiger partial charge in [-0.05, 0) is 72.9 Å². The Morgan fingerprint density at radius 1 is 0.935 bits per heavy atom. The van der Waals surface area contributed by atoms with Crippen molar-refractivity contribution in [1.29, 1.82) is 0 Å². The number of nitrogens with zero attached hydrogens (tertiary/aromatic N) is 2. The van der Waals surface area contributed by atoms with E-state index < -0.39 is 0 Å². The highest BCUT2D eigenvalue weighted by Crippen LogP contribution is 2.43. The van der Waals surface area contributed by atoms with E-state index >= 15 is 0 Å². The van der Waals surface area contributed by atoms with Crippen LogP contribution < -0.4 is 10.2 Å². The van der Waals surface area contributed by atoms with Crippen molar-refractivity contribution >= 4 is 34.8 Å². The number of aromatic nitrogens is 1. The Kier molecular flexibility index (Phi) is 5.44. The smallest absolute Gasteiger partial charge is 0.174 e. The van der Waals surface area contributed by atoms with Gasteiger partial charge in [0.1, 0.15) is 17.6 Å². The van der Waals surface area contributed by atoms with Gasteiger partial charge in [-0.15, -0.1) is 0 Å². The quantitative estimate of drug-likeness (QED) is 0.371. The summed E-state index contributed by atoms with van der Waals surface area (Å²) in [7, 11) is 0. The lowest BCUT2D eigenvalue weighted by atomic mass is 10.0. The molecule has 0 unspecified atom stereocenters. The van der Waals surface area contributed by atoms with Crippen molar-refractivity contribution in [3.05, 3.63) is 108 Å². The van der Waals surface area contributed by atoms with Crippen LogP contribution in [0.1, 0.15) is 23.5 Å². The number of furan rings is 1. The lowest BCUT2D eigenvalue weighted by Crippen LogP contribution is -2.29. The summed E-state index contributed by atoms with van der Waals surface area (Å²) in [5, 5.41) is 4.71. The van der Waals surface area contributed by atoms with Crippen molar-refractivity contribution in [2.45, 2.75) is 22.1 Å². The molecule has 0 saturated carbocycles. The van der Waals surface area contributed by atoms with Crippen LogP contribution in [-0.2, 0) is 0 Å². The molecule has 4 nitrogen and oxygen atoms in total. The van der Waals surface area contributed by atoms with Gasteiger partial charge in [0.2, 0.25) is 0 Å². The molecule has 31 heavy (non-hydrogen) atoms. The van der Waals surface area contributed by atoms with E-state index in [4.69, 9.17) is 16.6 Å². The van der Waals surface area contributed by atoms with Gasteiger partial charge in [-0.1, -0.05) is 36.0 Å². The maximum Gasteiger partial charge on any atom is 0.174 e. The van der Waals surface area contributed by atoms with Crippen LogP contribution in [0.5, 0.6) is 0 Å². The molecule has 1 aliphatic heterocycles. The summed E-state index contributed by atoms with van der Waals surface area (Å²) in [5.41, 5.74) is 1.64. The fourth-order valence-electron chi connectivity index (χ4n) is 3.68. The van der Waals surface area contributed by atoms with Crippen LogP contribution in [0.2, 0.25) is 0 Å². The van der Waals surface area contributed by atoms with Gasteiger partial charge in [0.15, 0.2) is 10.2 Å². The fourth-order valence-corrected chi connectivity index (χ4v) is 4.82. The molecule has 5 rings (SSSR count). The van der Waals surface area contributed by atoms with Crippen molar-refractivity contribution in [1.82, 2.24) is 10.3 Å². The average Bonchev–Trinajstić information content (AvgIpc) is 3.40. The Bertz CT molecular complexity index is 1180. The molecular weight excluding hydrogens is 429 g/mol. The molecule has 0 aliphatic carbocycles. The topological polar surface area (TPSA) is 41.3 Å². The first-order chi connectivity index (χ1) is 15.2. The highest BCUT2D eigenvalue weighted by molar-refractivity contribution is 7.99.